The SMILES string of the molecule is CCCC(N)c1cc2cc(CCOC)ccc2o1. The van der Waals surface area contributed by atoms with E-state index in [-0.39, 0.29) is 6.04 Å². The fourth-order valence-corrected chi connectivity index (χ4v) is 2.12. The maximum absolute atomic E-state index is 6.07. The molecular formula is C15H21NO2. The van der Waals surface area contributed by atoms with E-state index in [1.807, 2.05) is 6.07 Å². The molecule has 3 heteroatoms. The lowest BCUT2D eigenvalue weighted by atomic mass is 10.1. The Morgan fingerprint density at radius 1 is 1.33 bits per heavy atom. The van der Waals surface area contributed by atoms with E-state index in [1.54, 1.807) is 7.11 Å². The van der Waals surface area contributed by atoms with Crippen molar-refractivity contribution >= 4 is 11.0 Å². The summed E-state index contributed by atoms with van der Waals surface area (Å²) >= 11 is 0. The summed E-state index contributed by atoms with van der Waals surface area (Å²) in [6.07, 6.45) is 2.95. The van der Waals surface area contributed by atoms with Crippen LogP contribution >= 0.6 is 0 Å². The van der Waals surface area contributed by atoms with Gasteiger partial charge in [0, 0.05) is 12.5 Å². The molecule has 2 rings (SSSR count). The van der Waals surface area contributed by atoms with Gasteiger partial charge in [-0.3, -0.25) is 0 Å². The highest BCUT2D eigenvalue weighted by Gasteiger charge is 2.11. The normalized spacial score (nSPS) is 13.1. The first kappa shape index (κ1) is 13.1. The van der Waals surface area contributed by atoms with E-state index in [0.717, 1.165) is 42.6 Å². The van der Waals surface area contributed by atoms with Crippen molar-refractivity contribution in [3.8, 4) is 0 Å². The van der Waals surface area contributed by atoms with Gasteiger partial charge in [-0.2, -0.15) is 0 Å². The molecule has 0 aliphatic heterocycles. The topological polar surface area (TPSA) is 48.4 Å². The minimum Gasteiger partial charge on any atom is -0.459 e. The lowest BCUT2D eigenvalue weighted by Gasteiger charge is -2.04. The third kappa shape index (κ3) is 2.92. The Hall–Kier alpha value is -1.32. The zero-order chi connectivity index (χ0) is 13.0. The van der Waals surface area contributed by atoms with E-state index < -0.39 is 0 Å². The number of nitrogens with two attached hydrogens (primary N) is 1. The molecule has 0 aliphatic carbocycles. The molecule has 1 heterocycles. The Morgan fingerprint density at radius 2 is 2.17 bits per heavy atom. The van der Waals surface area contributed by atoms with Gasteiger partial charge in [-0.05, 0) is 36.6 Å². The standard InChI is InChI=1S/C15H21NO2/c1-3-4-13(16)15-10-12-9-11(7-8-17-2)5-6-14(12)18-15/h5-6,9-10,13H,3-4,7-8,16H2,1-2H3. The van der Waals surface area contributed by atoms with Gasteiger partial charge in [0.1, 0.15) is 11.3 Å². The summed E-state index contributed by atoms with van der Waals surface area (Å²) in [6.45, 7) is 2.87. The summed E-state index contributed by atoms with van der Waals surface area (Å²) in [4.78, 5) is 0. The average Bonchev–Trinajstić information content (AvgIpc) is 2.79. The molecule has 1 aromatic carbocycles. The largest absolute Gasteiger partial charge is 0.459 e. The zero-order valence-corrected chi connectivity index (χ0v) is 11.1. The molecule has 3 nitrogen and oxygen atoms in total. The maximum atomic E-state index is 6.07. The van der Waals surface area contributed by atoms with E-state index in [0.29, 0.717) is 0 Å². The van der Waals surface area contributed by atoms with Gasteiger partial charge >= 0.3 is 0 Å². The van der Waals surface area contributed by atoms with Crippen LogP contribution in [0.3, 0.4) is 0 Å². The fourth-order valence-electron chi connectivity index (χ4n) is 2.12. The van der Waals surface area contributed by atoms with Crippen molar-refractivity contribution < 1.29 is 9.15 Å². The Labute approximate surface area is 108 Å². The molecule has 2 aromatic rings. The van der Waals surface area contributed by atoms with Gasteiger partial charge < -0.3 is 14.9 Å². The van der Waals surface area contributed by atoms with Gasteiger partial charge in [-0.25, -0.2) is 0 Å². The highest BCUT2D eigenvalue weighted by Crippen LogP contribution is 2.26. The highest BCUT2D eigenvalue weighted by atomic mass is 16.5. The minimum absolute atomic E-state index is 0.00447. The quantitative estimate of drug-likeness (QED) is 0.850. The number of methoxy groups -OCH3 is 1. The molecule has 0 fully saturated rings. The number of furan rings is 1. The molecule has 0 spiro atoms. The van der Waals surface area contributed by atoms with Crippen molar-refractivity contribution in [2.45, 2.75) is 32.2 Å². The van der Waals surface area contributed by atoms with Crippen LogP contribution in [0.4, 0.5) is 0 Å². The summed E-state index contributed by atoms with van der Waals surface area (Å²) in [6, 6.07) is 8.32. The predicted octanol–water partition coefficient (Wildman–Crippen LogP) is 3.42. The van der Waals surface area contributed by atoms with Crippen LogP contribution in [-0.4, -0.2) is 13.7 Å². The molecule has 2 N–H and O–H groups in total. The van der Waals surface area contributed by atoms with Gasteiger partial charge in [0.2, 0.25) is 0 Å². The summed E-state index contributed by atoms with van der Waals surface area (Å²) in [5.41, 5.74) is 8.25. The van der Waals surface area contributed by atoms with E-state index in [2.05, 4.69) is 25.1 Å². The number of benzene rings is 1. The fraction of sp³-hybridized carbons (Fsp3) is 0.467. The van der Waals surface area contributed by atoms with Crippen LogP contribution < -0.4 is 5.73 Å². The molecule has 0 saturated heterocycles. The Balaban J connectivity index is 2.22. The summed E-state index contributed by atoms with van der Waals surface area (Å²) in [5, 5.41) is 1.13. The molecule has 0 radical (unpaired) electrons. The molecule has 1 atom stereocenters. The molecule has 0 bridgehead atoms. The lowest BCUT2D eigenvalue weighted by molar-refractivity contribution is 0.202. The number of hydrogen-bond donors (Lipinski definition) is 1. The molecule has 0 amide bonds. The van der Waals surface area contributed by atoms with Gasteiger partial charge in [0.15, 0.2) is 0 Å². The number of fused-ring (bicyclic) bond motifs is 1. The average molecular weight is 247 g/mol. The molecule has 1 unspecified atom stereocenters. The molecule has 18 heavy (non-hydrogen) atoms. The smallest absolute Gasteiger partial charge is 0.134 e. The zero-order valence-electron chi connectivity index (χ0n) is 11.1. The van der Waals surface area contributed by atoms with Crippen molar-refractivity contribution in [3.63, 3.8) is 0 Å². The molecule has 0 saturated carbocycles. The van der Waals surface area contributed by atoms with E-state index in [9.17, 15) is 0 Å². The first-order chi connectivity index (χ1) is 8.74. The summed E-state index contributed by atoms with van der Waals surface area (Å²) in [7, 11) is 1.72. The summed E-state index contributed by atoms with van der Waals surface area (Å²) < 4.78 is 10.9. The van der Waals surface area contributed by atoms with E-state index in [4.69, 9.17) is 14.9 Å². The Kier molecular flexibility index (Phi) is 4.39. The van der Waals surface area contributed by atoms with Gasteiger partial charge in [-0.15, -0.1) is 0 Å². The van der Waals surface area contributed by atoms with Gasteiger partial charge in [-0.1, -0.05) is 19.4 Å². The molecule has 98 valence electrons. The number of hydrogen-bond acceptors (Lipinski definition) is 3. The van der Waals surface area contributed by atoms with Crippen LogP contribution in [-0.2, 0) is 11.2 Å². The van der Waals surface area contributed by atoms with Crippen molar-refractivity contribution in [1.29, 1.82) is 0 Å². The highest BCUT2D eigenvalue weighted by molar-refractivity contribution is 5.78. The molecular weight excluding hydrogens is 226 g/mol. The van der Waals surface area contributed by atoms with Crippen LogP contribution in [0.15, 0.2) is 28.7 Å². The van der Waals surface area contributed by atoms with Crippen LogP contribution in [0.5, 0.6) is 0 Å². The monoisotopic (exact) mass is 247 g/mol. The van der Waals surface area contributed by atoms with E-state index in [1.165, 1.54) is 5.56 Å². The minimum atomic E-state index is 0.00447. The summed E-state index contributed by atoms with van der Waals surface area (Å²) in [5.74, 6) is 0.885. The van der Waals surface area contributed by atoms with Crippen molar-refractivity contribution in [3.05, 3.63) is 35.6 Å². The second-order valence-electron chi connectivity index (χ2n) is 4.66. The van der Waals surface area contributed by atoms with Gasteiger partial charge in [0.25, 0.3) is 0 Å². The van der Waals surface area contributed by atoms with E-state index >= 15 is 0 Å². The predicted molar refractivity (Wildman–Crippen MR) is 73.6 cm³/mol. The van der Waals surface area contributed by atoms with Crippen LogP contribution in [0, 0.1) is 0 Å². The van der Waals surface area contributed by atoms with Crippen molar-refractivity contribution in [1.82, 2.24) is 0 Å². The van der Waals surface area contributed by atoms with Gasteiger partial charge in [0.05, 0.1) is 12.6 Å². The first-order valence-corrected chi connectivity index (χ1v) is 6.51. The third-order valence-electron chi connectivity index (χ3n) is 3.16. The third-order valence-corrected chi connectivity index (χ3v) is 3.16. The van der Waals surface area contributed by atoms with Crippen molar-refractivity contribution in [2.75, 3.05) is 13.7 Å². The molecule has 1 aromatic heterocycles. The lowest BCUT2D eigenvalue weighted by Crippen LogP contribution is -2.08. The van der Waals surface area contributed by atoms with Crippen LogP contribution in [0.25, 0.3) is 11.0 Å². The Morgan fingerprint density at radius 3 is 2.89 bits per heavy atom. The Bertz CT molecular complexity index is 504. The number of rotatable bonds is 6. The second kappa shape index (κ2) is 6.03. The van der Waals surface area contributed by atoms with Crippen molar-refractivity contribution in [2.24, 2.45) is 5.73 Å². The first-order valence-electron chi connectivity index (χ1n) is 6.51. The molecule has 0 aliphatic rings. The van der Waals surface area contributed by atoms with Crippen LogP contribution in [0.2, 0.25) is 0 Å². The maximum Gasteiger partial charge on any atom is 0.134 e. The second-order valence-corrected chi connectivity index (χ2v) is 4.66. The number of ether oxygens (including phenoxy) is 1. The van der Waals surface area contributed by atoms with Crippen LogP contribution in [0.1, 0.15) is 37.1 Å².